The molecule has 0 fully saturated rings. The zero-order chi connectivity index (χ0) is 12.2. The first-order valence-corrected chi connectivity index (χ1v) is 5.62. The molecule has 0 bridgehead atoms. The van der Waals surface area contributed by atoms with Gasteiger partial charge in [0.2, 0.25) is 16.9 Å². The van der Waals surface area contributed by atoms with E-state index in [9.17, 15) is 9.59 Å². The fraction of sp³-hybridized carbons (Fsp3) is 0.556. The second-order valence-corrected chi connectivity index (χ2v) is 5.06. The van der Waals surface area contributed by atoms with Crippen molar-refractivity contribution < 1.29 is 9.59 Å². The molecule has 1 aromatic rings. The van der Waals surface area contributed by atoms with Crippen molar-refractivity contribution in [3.8, 4) is 0 Å². The number of aromatic nitrogens is 2. The van der Waals surface area contributed by atoms with Crippen LogP contribution >= 0.6 is 11.3 Å². The topological polar surface area (TPSA) is 84.0 Å². The van der Waals surface area contributed by atoms with E-state index in [0.29, 0.717) is 5.13 Å². The Kier molecular flexibility index (Phi) is 3.94. The van der Waals surface area contributed by atoms with Gasteiger partial charge in [-0.1, -0.05) is 32.1 Å². The molecule has 0 aromatic carbocycles. The molecule has 0 spiro atoms. The van der Waals surface area contributed by atoms with Crippen LogP contribution in [0.1, 0.15) is 20.8 Å². The van der Waals surface area contributed by atoms with Crippen LogP contribution in [0, 0.1) is 5.41 Å². The van der Waals surface area contributed by atoms with Crippen molar-refractivity contribution in [1.29, 1.82) is 0 Å². The predicted octanol–water partition coefficient (Wildman–Crippen LogP) is 0.639. The van der Waals surface area contributed by atoms with Crippen LogP contribution in [0.25, 0.3) is 0 Å². The molecule has 1 heterocycles. The highest BCUT2D eigenvalue weighted by atomic mass is 32.1. The van der Waals surface area contributed by atoms with Crippen molar-refractivity contribution in [2.24, 2.45) is 5.41 Å². The van der Waals surface area contributed by atoms with E-state index in [1.54, 1.807) is 20.8 Å². The van der Waals surface area contributed by atoms with Crippen LogP contribution in [-0.2, 0) is 9.59 Å². The summed E-state index contributed by atoms with van der Waals surface area (Å²) in [5, 5.41) is 12.7. The molecule has 16 heavy (non-hydrogen) atoms. The van der Waals surface area contributed by atoms with Crippen molar-refractivity contribution in [3.63, 3.8) is 0 Å². The third kappa shape index (κ3) is 3.93. The highest BCUT2D eigenvalue weighted by Gasteiger charge is 2.21. The minimum Gasteiger partial charge on any atom is -0.347 e. The van der Waals surface area contributed by atoms with Gasteiger partial charge in [-0.05, 0) is 0 Å². The van der Waals surface area contributed by atoms with E-state index in [2.05, 4.69) is 20.8 Å². The van der Waals surface area contributed by atoms with Crippen LogP contribution in [-0.4, -0.2) is 28.6 Å². The Hall–Kier alpha value is -1.50. The molecule has 1 rings (SSSR count). The smallest absolute Gasteiger partial charge is 0.245 e. The maximum absolute atomic E-state index is 11.5. The van der Waals surface area contributed by atoms with Gasteiger partial charge in [-0.15, -0.1) is 10.2 Å². The summed E-state index contributed by atoms with van der Waals surface area (Å²) < 4.78 is 0. The third-order valence-electron chi connectivity index (χ3n) is 1.70. The predicted molar refractivity (Wildman–Crippen MR) is 61.0 cm³/mol. The zero-order valence-electron chi connectivity index (χ0n) is 9.40. The Bertz CT molecular complexity index is 369. The summed E-state index contributed by atoms with van der Waals surface area (Å²) in [6.45, 7) is 5.29. The van der Waals surface area contributed by atoms with Gasteiger partial charge >= 0.3 is 0 Å². The maximum atomic E-state index is 11.5. The van der Waals surface area contributed by atoms with E-state index >= 15 is 0 Å². The summed E-state index contributed by atoms with van der Waals surface area (Å²) in [4.78, 5) is 22.8. The summed E-state index contributed by atoms with van der Waals surface area (Å²) in [7, 11) is 0. The number of hydrogen-bond donors (Lipinski definition) is 2. The average molecular weight is 242 g/mol. The molecule has 0 aliphatic rings. The number of nitrogens with one attached hydrogen (secondary N) is 2. The second kappa shape index (κ2) is 5.02. The van der Waals surface area contributed by atoms with E-state index in [1.165, 1.54) is 16.8 Å². The first-order chi connectivity index (χ1) is 7.39. The highest BCUT2D eigenvalue weighted by molar-refractivity contribution is 7.13. The van der Waals surface area contributed by atoms with E-state index < -0.39 is 5.41 Å². The van der Waals surface area contributed by atoms with Gasteiger partial charge in [0.25, 0.3) is 0 Å². The fourth-order valence-electron chi connectivity index (χ4n) is 0.817. The number of carbonyl (C=O) groups excluding carboxylic acids is 2. The second-order valence-electron chi connectivity index (χ2n) is 4.22. The number of carbonyl (C=O) groups is 2. The third-order valence-corrected chi connectivity index (χ3v) is 2.30. The molecule has 0 saturated heterocycles. The average Bonchev–Trinajstić information content (AvgIpc) is 2.65. The molecule has 0 atom stereocenters. The van der Waals surface area contributed by atoms with Crippen molar-refractivity contribution >= 4 is 28.3 Å². The molecule has 0 aliphatic carbocycles. The molecule has 2 amide bonds. The van der Waals surface area contributed by atoms with Gasteiger partial charge in [0, 0.05) is 5.41 Å². The lowest BCUT2D eigenvalue weighted by atomic mass is 9.96. The van der Waals surface area contributed by atoms with Crippen LogP contribution in [0.3, 0.4) is 0 Å². The van der Waals surface area contributed by atoms with Crippen LogP contribution in [0.5, 0.6) is 0 Å². The number of rotatable bonds is 3. The SMILES string of the molecule is CC(C)(C)C(=O)NCC(=O)Nc1nncs1. The van der Waals surface area contributed by atoms with Gasteiger partial charge in [-0.3, -0.25) is 14.9 Å². The molecule has 0 radical (unpaired) electrons. The molecule has 2 N–H and O–H groups in total. The van der Waals surface area contributed by atoms with Gasteiger partial charge in [0.05, 0.1) is 6.54 Å². The molecule has 88 valence electrons. The monoisotopic (exact) mass is 242 g/mol. The Balaban J connectivity index is 2.34. The van der Waals surface area contributed by atoms with Gasteiger partial charge in [0.1, 0.15) is 5.51 Å². The molecular weight excluding hydrogens is 228 g/mol. The van der Waals surface area contributed by atoms with Gasteiger partial charge in [-0.2, -0.15) is 0 Å². The Labute approximate surface area is 97.5 Å². The summed E-state index contributed by atoms with van der Waals surface area (Å²) in [5.41, 5.74) is 1.02. The van der Waals surface area contributed by atoms with Crippen LogP contribution in [0.15, 0.2) is 5.51 Å². The minimum atomic E-state index is -0.497. The van der Waals surface area contributed by atoms with E-state index in [1.807, 2.05) is 0 Å². The molecule has 0 aliphatic heterocycles. The first kappa shape index (κ1) is 12.6. The van der Waals surface area contributed by atoms with Crippen LogP contribution < -0.4 is 10.6 Å². The lowest BCUT2D eigenvalue weighted by Crippen LogP contribution is -2.39. The molecular formula is C9H14N4O2S. The van der Waals surface area contributed by atoms with Gasteiger partial charge in [-0.25, -0.2) is 0 Å². The maximum Gasteiger partial charge on any atom is 0.245 e. The normalized spacial score (nSPS) is 10.9. The fourth-order valence-corrected chi connectivity index (χ4v) is 1.28. The highest BCUT2D eigenvalue weighted by Crippen LogP contribution is 2.12. The molecule has 7 heteroatoms. The Morgan fingerprint density at radius 2 is 2.12 bits per heavy atom. The Morgan fingerprint density at radius 1 is 1.44 bits per heavy atom. The number of amides is 2. The van der Waals surface area contributed by atoms with Gasteiger partial charge in [0.15, 0.2) is 0 Å². The van der Waals surface area contributed by atoms with E-state index in [0.717, 1.165) is 0 Å². The van der Waals surface area contributed by atoms with Crippen molar-refractivity contribution in [2.75, 3.05) is 11.9 Å². The van der Waals surface area contributed by atoms with Crippen LogP contribution in [0.4, 0.5) is 5.13 Å². The zero-order valence-corrected chi connectivity index (χ0v) is 10.2. The first-order valence-electron chi connectivity index (χ1n) is 4.74. The summed E-state index contributed by atoms with van der Waals surface area (Å²) in [6.07, 6.45) is 0. The minimum absolute atomic E-state index is 0.0598. The number of hydrogen-bond acceptors (Lipinski definition) is 5. The number of nitrogens with zero attached hydrogens (tertiary/aromatic N) is 2. The lowest BCUT2D eigenvalue weighted by Gasteiger charge is -2.16. The summed E-state index contributed by atoms with van der Waals surface area (Å²) >= 11 is 1.22. The standard InChI is InChI=1S/C9H14N4O2S/c1-9(2,3)7(15)10-4-6(14)12-8-13-11-5-16-8/h5H,4H2,1-3H3,(H,10,15)(H,12,13,14). The van der Waals surface area contributed by atoms with Crippen LogP contribution in [0.2, 0.25) is 0 Å². The molecule has 1 aromatic heterocycles. The van der Waals surface area contributed by atoms with Crippen molar-refractivity contribution in [1.82, 2.24) is 15.5 Å². The molecule has 6 nitrogen and oxygen atoms in total. The van der Waals surface area contributed by atoms with Crippen molar-refractivity contribution in [3.05, 3.63) is 5.51 Å². The molecule has 0 saturated carbocycles. The van der Waals surface area contributed by atoms with Crippen molar-refractivity contribution in [2.45, 2.75) is 20.8 Å². The van der Waals surface area contributed by atoms with E-state index in [-0.39, 0.29) is 18.4 Å². The summed E-state index contributed by atoms with van der Waals surface area (Å²) in [6, 6.07) is 0. The van der Waals surface area contributed by atoms with E-state index in [4.69, 9.17) is 0 Å². The Morgan fingerprint density at radius 3 is 2.62 bits per heavy atom. The largest absolute Gasteiger partial charge is 0.347 e. The summed E-state index contributed by atoms with van der Waals surface area (Å²) in [5.74, 6) is -0.478. The number of anilines is 1. The quantitative estimate of drug-likeness (QED) is 0.814. The lowest BCUT2D eigenvalue weighted by molar-refractivity contribution is -0.130. The molecule has 0 unspecified atom stereocenters. The van der Waals surface area contributed by atoms with Gasteiger partial charge < -0.3 is 5.32 Å².